The van der Waals surface area contributed by atoms with Crippen LogP contribution in [0.1, 0.15) is 23.3 Å². The summed E-state index contributed by atoms with van der Waals surface area (Å²) in [6.45, 7) is 2.32. The predicted octanol–water partition coefficient (Wildman–Crippen LogP) is -1.13. The minimum absolute atomic E-state index is 0.0202. The number of nitrogens with zero attached hydrogens (tertiary/aromatic N) is 3. The van der Waals surface area contributed by atoms with E-state index in [1.165, 1.54) is 0 Å². The van der Waals surface area contributed by atoms with Gasteiger partial charge in [0.1, 0.15) is 0 Å². The van der Waals surface area contributed by atoms with Crippen molar-refractivity contribution in [3.8, 4) is 0 Å². The van der Waals surface area contributed by atoms with Crippen LogP contribution in [-0.2, 0) is 4.79 Å². The number of anilines is 1. The number of carbonyl (C=O) groups is 2. The summed E-state index contributed by atoms with van der Waals surface area (Å²) in [6, 6.07) is 3.25. The lowest BCUT2D eigenvalue weighted by atomic mass is 9.97. The van der Waals surface area contributed by atoms with E-state index in [1.54, 1.807) is 12.1 Å². The maximum Gasteiger partial charge on any atom is 0.269 e. The molecule has 8 heteroatoms. The zero-order valence-corrected chi connectivity index (χ0v) is 11.8. The molecule has 1 aliphatic heterocycles. The van der Waals surface area contributed by atoms with E-state index >= 15 is 0 Å². The Morgan fingerprint density at radius 2 is 2.19 bits per heavy atom. The number of aromatic nitrogens is 2. The number of piperidine rings is 1. The fourth-order valence-electron chi connectivity index (χ4n) is 2.36. The minimum atomic E-state index is -0.605. The molecule has 0 radical (unpaired) electrons. The average Bonchev–Trinajstić information content (AvgIpc) is 2.52. The van der Waals surface area contributed by atoms with Gasteiger partial charge in [-0.05, 0) is 25.0 Å². The fourth-order valence-corrected chi connectivity index (χ4v) is 2.36. The molecule has 1 fully saturated rings. The van der Waals surface area contributed by atoms with Gasteiger partial charge < -0.3 is 21.7 Å². The summed E-state index contributed by atoms with van der Waals surface area (Å²) in [5.74, 6) is -0.0159. The monoisotopic (exact) mass is 292 g/mol. The Morgan fingerprint density at radius 1 is 1.38 bits per heavy atom. The Kier molecular flexibility index (Phi) is 5.04. The Balaban J connectivity index is 2.00. The molecule has 2 rings (SSSR count). The van der Waals surface area contributed by atoms with Crippen LogP contribution in [0.4, 0.5) is 5.82 Å². The molecule has 1 unspecified atom stereocenters. The summed E-state index contributed by atoms with van der Waals surface area (Å²) >= 11 is 0. The predicted molar refractivity (Wildman–Crippen MR) is 77.6 cm³/mol. The molecule has 1 saturated heterocycles. The molecule has 114 valence electrons. The molecule has 2 amide bonds. The van der Waals surface area contributed by atoms with E-state index in [0.717, 1.165) is 19.4 Å². The summed E-state index contributed by atoms with van der Waals surface area (Å²) in [7, 11) is 0. The first kappa shape index (κ1) is 15.2. The highest BCUT2D eigenvalue weighted by atomic mass is 16.2. The highest BCUT2D eigenvalue weighted by molar-refractivity contribution is 5.90. The van der Waals surface area contributed by atoms with Crippen molar-refractivity contribution in [2.24, 2.45) is 17.4 Å². The first-order valence-electron chi connectivity index (χ1n) is 6.98. The second kappa shape index (κ2) is 6.98. The van der Waals surface area contributed by atoms with Gasteiger partial charge in [-0.25, -0.2) is 0 Å². The minimum Gasteiger partial charge on any atom is -0.364 e. The smallest absolute Gasteiger partial charge is 0.269 e. The van der Waals surface area contributed by atoms with Gasteiger partial charge in [0.25, 0.3) is 5.91 Å². The summed E-state index contributed by atoms with van der Waals surface area (Å²) in [6.07, 6.45) is 1.75. The van der Waals surface area contributed by atoms with E-state index < -0.39 is 5.91 Å². The molecule has 0 aromatic carbocycles. The third-order valence-electron chi connectivity index (χ3n) is 3.46. The number of hydrogen-bond acceptors (Lipinski definition) is 6. The lowest BCUT2D eigenvalue weighted by Gasteiger charge is -2.32. The van der Waals surface area contributed by atoms with Gasteiger partial charge in [0.15, 0.2) is 11.5 Å². The SMILES string of the molecule is NCCNC(=O)C1CCCN(c2ccc(C(N)=O)nn2)C1. The van der Waals surface area contributed by atoms with Crippen LogP contribution in [0.25, 0.3) is 0 Å². The molecule has 2 heterocycles. The molecule has 1 aromatic rings. The van der Waals surface area contributed by atoms with Gasteiger partial charge in [-0.2, -0.15) is 0 Å². The van der Waals surface area contributed by atoms with E-state index in [0.29, 0.717) is 25.5 Å². The number of amides is 2. The van der Waals surface area contributed by atoms with Crippen LogP contribution in [0.5, 0.6) is 0 Å². The first-order valence-corrected chi connectivity index (χ1v) is 6.98. The number of nitrogens with one attached hydrogen (secondary N) is 1. The molecular weight excluding hydrogens is 272 g/mol. The van der Waals surface area contributed by atoms with E-state index in [4.69, 9.17) is 11.5 Å². The Hall–Kier alpha value is -2.22. The van der Waals surface area contributed by atoms with Gasteiger partial charge in [0, 0.05) is 26.2 Å². The first-order chi connectivity index (χ1) is 10.1. The molecule has 0 bridgehead atoms. The second-order valence-corrected chi connectivity index (χ2v) is 5.01. The molecule has 0 spiro atoms. The molecule has 0 aliphatic carbocycles. The maximum atomic E-state index is 12.0. The van der Waals surface area contributed by atoms with E-state index in [9.17, 15) is 9.59 Å². The zero-order valence-electron chi connectivity index (χ0n) is 11.8. The van der Waals surface area contributed by atoms with Crippen molar-refractivity contribution < 1.29 is 9.59 Å². The molecule has 8 nitrogen and oxygen atoms in total. The number of primary amides is 1. The molecule has 21 heavy (non-hydrogen) atoms. The summed E-state index contributed by atoms with van der Waals surface area (Å²) in [5, 5.41) is 10.6. The summed E-state index contributed by atoms with van der Waals surface area (Å²) in [4.78, 5) is 25.0. The largest absolute Gasteiger partial charge is 0.364 e. The molecule has 1 atom stereocenters. The quantitative estimate of drug-likeness (QED) is 0.630. The zero-order chi connectivity index (χ0) is 15.2. The lowest BCUT2D eigenvalue weighted by molar-refractivity contribution is -0.125. The third-order valence-corrected chi connectivity index (χ3v) is 3.46. The van der Waals surface area contributed by atoms with Crippen LogP contribution < -0.4 is 21.7 Å². The average molecular weight is 292 g/mol. The second-order valence-electron chi connectivity index (χ2n) is 5.01. The fraction of sp³-hybridized carbons (Fsp3) is 0.538. The third kappa shape index (κ3) is 3.88. The summed E-state index contributed by atoms with van der Waals surface area (Å²) < 4.78 is 0. The van der Waals surface area contributed by atoms with Crippen LogP contribution in [-0.4, -0.2) is 48.2 Å². The van der Waals surface area contributed by atoms with Crippen LogP contribution in [0, 0.1) is 5.92 Å². The normalized spacial score (nSPS) is 18.3. The van der Waals surface area contributed by atoms with Crippen molar-refractivity contribution in [1.29, 1.82) is 0 Å². The van der Waals surface area contributed by atoms with Gasteiger partial charge in [-0.3, -0.25) is 9.59 Å². The van der Waals surface area contributed by atoms with Gasteiger partial charge in [0.05, 0.1) is 5.92 Å². The molecule has 1 aromatic heterocycles. The summed E-state index contributed by atoms with van der Waals surface area (Å²) in [5.41, 5.74) is 10.6. The van der Waals surface area contributed by atoms with Crippen LogP contribution in [0.15, 0.2) is 12.1 Å². The van der Waals surface area contributed by atoms with Crippen molar-refractivity contribution in [3.05, 3.63) is 17.8 Å². The van der Waals surface area contributed by atoms with E-state index in [1.807, 2.05) is 4.90 Å². The molecule has 0 saturated carbocycles. The number of rotatable bonds is 5. The van der Waals surface area contributed by atoms with Crippen molar-refractivity contribution in [3.63, 3.8) is 0 Å². The van der Waals surface area contributed by atoms with Crippen LogP contribution in [0.2, 0.25) is 0 Å². The van der Waals surface area contributed by atoms with Gasteiger partial charge in [-0.15, -0.1) is 10.2 Å². The number of carbonyl (C=O) groups excluding carboxylic acids is 2. The van der Waals surface area contributed by atoms with Crippen molar-refractivity contribution >= 4 is 17.6 Å². The van der Waals surface area contributed by atoms with Crippen LogP contribution >= 0.6 is 0 Å². The number of hydrogen-bond donors (Lipinski definition) is 3. The highest BCUT2D eigenvalue weighted by Crippen LogP contribution is 2.21. The lowest BCUT2D eigenvalue weighted by Crippen LogP contribution is -2.44. The van der Waals surface area contributed by atoms with Gasteiger partial charge in [-0.1, -0.05) is 0 Å². The molecule has 1 aliphatic rings. The van der Waals surface area contributed by atoms with Crippen molar-refractivity contribution in [2.45, 2.75) is 12.8 Å². The van der Waals surface area contributed by atoms with Crippen molar-refractivity contribution in [1.82, 2.24) is 15.5 Å². The van der Waals surface area contributed by atoms with Crippen molar-refractivity contribution in [2.75, 3.05) is 31.1 Å². The Labute approximate surface area is 122 Å². The van der Waals surface area contributed by atoms with Gasteiger partial charge >= 0.3 is 0 Å². The van der Waals surface area contributed by atoms with Gasteiger partial charge in [0.2, 0.25) is 5.91 Å². The number of nitrogens with two attached hydrogens (primary N) is 2. The molecule has 5 N–H and O–H groups in total. The highest BCUT2D eigenvalue weighted by Gasteiger charge is 2.26. The maximum absolute atomic E-state index is 12.0. The Bertz CT molecular complexity index is 504. The van der Waals surface area contributed by atoms with Crippen LogP contribution in [0.3, 0.4) is 0 Å². The topological polar surface area (TPSA) is 127 Å². The molecular formula is C13H20N6O2. The Morgan fingerprint density at radius 3 is 2.81 bits per heavy atom. The van der Waals surface area contributed by atoms with E-state index in [2.05, 4.69) is 15.5 Å². The standard InChI is InChI=1S/C13H20N6O2/c14-5-6-16-13(21)9-2-1-7-19(8-9)11-4-3-10(12(15)20)17-18-11/h3-4,9H,1-2,5-8,14H2,(H2,15,20)(H,16,21). The van der Waals surface area contributed by atoms with E-state index in [-0.39, 0.29) is 17.5 Å².